The molecule has 4 N–H and O–H groups in total. The molecule has 0 aromatic rings. The molecule has 5 nitrogen and oxygen atoms in total. The van der Waals surface area contributed by atoms with E-state index in [-0.39, 0.29) is 35.6 Å². The Morgan fingerprint density at radius 2 is 1.90 bits per heavy atom. The van der Waals surface area contributed by atoms with Gasteiger partial charge < -0.3 is 16.2 Å². The fourth-order valence-corrected chi connectivity index (χ4v) is 2.60. The number of carbonyl (C=O) groups excluding carboxylic acids is 1. The zero-order valence-electron chi connectivity index (χ0n) is 12.8. The molecule has 1 aliphatic carbocycles. The van der Waals surface area contributed by atoms with Crippen LogP contribution in [-0.2, 0) is 9.59 Å². The van der Waals surface area contributed by atoms with Crippen molar-refractivity contribution in [3.63, 3.8) is 0 Å². The van der Waals surface area contributed by atoms with Gasteiger partial charge in [0.25, 0.3) is 0 Å². The van der Waals surface area contributed by atoms with Gasteiger partial charge in [0, 0.05) is 19.0 Å². The first-order valence-corrected chi connectivity index (χ1v) is 7.47. The third kappa shape index (κ3) is 5.12. The van der Waals surface area contributed by atoms with Crippen LogP contribution < -0.4 is 11.1 Å². The summed E-state index contributed by atoms with van der Waals surface area (Å²) < 4.78 is 0. The van der Waals surface area contributed by atoms with Gasteiger partial charge in [-0.25, -0.2) is 0 Å². The summed E-state index contributed by atoms with van der Waals surface area (Å²) in [6.07, 6.45) is 3.90. The number of hydrogen-bond donors (Lipinski definition) is 3. The van der Waals surface area contributed by atoms with Gasteiger partial charge in [0.15, 0.2) is 0 Å². The van der Waals surface area contributed by atoms with Crippen molar-refractivity contribution in [2.45, 2.75) is 58.9 Å². The number of aliphatic carboxylic acids is 1. The molecule has 0 aromatic carbocycles. The first kappa shape index (κ1) is 17.0. The topological polar surface area (TPSA) is 92.4 Å². The molecule has 0 bridgehead atoms. The Labute approximate surface area is 121 Å². The van der Waals surface area contributed by atoms with Crippen LogP contribution in [0.1, 0.15) is 52.9 Å². The smallest absolute Gasteiger partial charge is 0.306 e. The van der Waals surface area contributed by atoms with Crippen LogP contribution >= 0.6 is 0 Å². The van der Waals surface area contributed by atoms with Crippen LogP contribution in [0.3, 0.4) is 0 Å². The monoisotopic (exact) mass is 284 g/mol. The Kier molecular flexibility index (Phi) is 5.99. The number of nitrogens with one attached hydrogen (secondary N) is 1. The normalized spacial score (nSPS) is 25.0. The SMILES string of the molecule is CC(C)(C)C(N)CC(=O)NCC1CCCCC1C(=O)O. The molecule has 0 spiro atoms. The first-order valence-electron chi connectivity index (χ1n) is 7.47. The standard InChI is InChI=1S/C15H28N2O3/c1-15(2,3)12(16)8-13(18)17-9-10-6-4-5-7-11(10)14(19)20/h10-12H,4-9,16H2,1-3H3,(H,17,18)(H,19,20). The minimum atomic E-state index is -0.740. The van der Waals surface area contributed by atoms with Crippen molar-refractivity contribution < 1.29 is 14.7 Å². The summed E-state index contributed by atoms with van der Waals surface area (Å²) in [6.45, 7) is 6.47. The molecule has 20 heavy (non-hydrogen) atoms. The summed E-state index contributed by atoms with van der Waals surface area (Å²) in [5.41, 5.74) is 5.88. The fourth-order valence-electron chi connectivity index (χ4n) is 2.60. The molecule has 5 heteroatoms. The molecule has 0 aromatic heterocycles. The Morgan fingerprint density at radius 1 is 1.30 bits per heavy atom. The van der Waals surface area contributed by atoms with Crippen LogP contribution in [-0.4, -0.2) is 29.6 Å². The highest BCUT2D eigenvalue weighted by Crippen LogP contribution is 2.29. The summed E-state index contributed by atoms with van der Waals surface area (Å²) in [7, 11) is 0. The zero-order valence-corrected chi connectivity index (χ0v) is 12.8. The molecule has 0 aliphatic heterocycles. The molecule has 0 heterocycles. The first-order chi connectivity index (χ1) is 9.21. The van der Waals surface area contributed by atoms with E-state index in [4.69, 9.17) is 5.73 Å². The summed E-state index contributed by atoms with van der Waals surface area (Å²) >= 11 is 0. The average molecular weight is 284 g/mol. The summed E-state index contributed by atoms with van der Waals surface area (Å²) in [6, 6.07) is -0.191. The lowest BCUT2D eigenvalue weighted by atomic mass is 9.79. The van der Waals surface area contributed by atoms with E-state index < -0.39 is 5.97 Å². The molecule has 1 saturated carbocycles. The lowest BCUT2D eigenvalue weighted by molar-refractivity contribution is -0.145. The van der Waals surface area contributed by atoms with Crippen molar-refractivity contribution in [2.24, 2.45) is 23.0 Å². The second-order valence-electron chi connectivity index (χ2n) is 6.97. The minimum Gasteiger partial charge on any atom is -0.481 e. The van der Waals surface area contributed by atoms with Crippen LogP contribution in [0.25, 0.3) is 0 Å². The van der Waals surface area contributed by atoms with Gasteiger partial charge in [0.05, 0.1) is 5.92 Å². The van der Waals surface area contributed by atoms with E-state index >= 15 is 0 Å². The molecule has 0 saturated heterocycles. The van der Waals surface area contributed by atoms with Crippen LogP contribution in [0.4, 0.5) is 0 Å². The number of carbonyl (C=O) groups is 2. The third-order valence-electron chi connectivity index (χ3n) is 4.31. The molecule has 116 valence electrons. The predicted molar refractivity (Wildman–Crippen MR) is 78.1 cm³/mol. The lowest BCUT2D eigenvalue weighted by Crippen LogP contribution is -2.42. The van der Waals surface area contributed by atoms with Crippen molar-refractivity contribution in [2.75, 3.05) is 6.54 Å². The van der Waals surface area contributed by atoms with Crippen molar-refractivity contribution in [3.05, 3.63) is 0 Å². The number of hydrogen-bond acceptors (Lipinski definition) is 3. The van der Waals surface area contributed by atoms with Gasteiger partial charge in [-0.15, -0.1) is 0 Å². The van der Waals surface area contributed by atoms with Crippen LogP contribution in [0, 0.1) is 17.3 Å². The van der Waals surface area contributed by atoms with E-state index in [1.54, 1.807) is 0 Å². The van der Waals surface area contributed by atoms with Crippen LogP contribution in [0.15, 0.2) is 0 Å². The van der Waals surface area contributed by atoms with Crippen molar-refractivity contribution in [1.82, 2.24) is 5.32 Å². The van der Waals surface area contributed by atoms with E-state index in [0.717, 1.165) is 25.7 Å². The Hall–Kier alpha value is -1.10. The summed E-state index contributed by atoms with van der Waals surface area (Å²) in [5.74, 6) is -1.09. The van der Waals surface area contributed by atoms with Gasteiger partial charge in [0.2, 0.25) is 5.91 Å². The highest BCUT2D eigenvalue weighted by atomic mass is 16.4. The molecule has 1 aliphatic rings. The number of amides is 1. The third-order valence-corrected chi connectivity index (χ3v) is 4.31. The maximum Gasteiger partial charge on any atom is 0.306 e. The quantitative estimate of drug-likeness (QED) is 0.717. The molecule has 3 unspecified atom stereocenters. The van der Waals surface area contributed by atoms with Crippen molar-refractivity contribution in [3.8, 4) is 0 Å². The van der Waals surface area contributed by atoms with Gasteiger partial charge in [-0.05, 0) is 24.2 Å². The number of carboxylic acids is 1. The van der Waals surface area contributed by atoms with E-state index in [9.17, 15) is 14.7 Å². The van der Waals surface area contributed by atoms with Crippen molar-refractivity contribution in [1.29, 1.82) is 0 Å². The predicted octanol–water partition coefficient (Wildman–Crippen LogP) is 1.76. The maximum atomic E-state index is 11.9. The zero-order chi connectivity index (χ0) is 15.3. The van der Waals surface area contributed by atoms with Gasteiger partial charge >= 0.3 is 5.97 Å². The second-order valence-corrected chi connectivity index (χ2v) is 6.97. The van der Waals surface area contributed by atoms with Gasteiger partial charge in [-0.1, -0.05) is 33.6 Å². The second kappa shape index (κ2) is 7.07. The molecular weight excluding hydrogens is 256 g/mol. The van der Waals surface area contributed by atoms with E-state index in [2.05, 4.69) is 5.32 Å². The van der Waals surface area contributed by atoms with Gasteiger partial charge in [0.1, 0.15) is 0 Å². The minimum absolute atomic E-state index is 0.0519. The lowest BCUT2D eigenvalue weighted by Gasteiger charge is -2.29. The molecule has 1 amide bonds. The summed E-state index contributed by atoms with van der Waals surface area (Å²) in [5, 5.41) is 12.1. The number of nitrogens with two attached hydrogens (primary N) is 1. The molecule has 0 radical (unpaired) electrons. The average Bonchev–Trinajstić information content (AvgIpc) is 2.35. The van der Waals surface area contributed by atoms with Gasteiger partial charge in [-0.2, -0.15) is 0 Å². The number of carboxylic acid groups (broad SMARTS) is 1. The Bertz CT molecular complexity index is 350. The fraction of sp³-hybridized carbons (Fsp3) is 0.867. The van der Waals surface area contributed by atoms with E-state index in [1.807, 2.05) is 20.8 Å². The largest absolute Gasteiger partial charge is 0.481 e. The Morgan fingerprint density at radius 3 is 2.45 bits per heavy atom. The molecule has 3 atom stereocenters. The molecule has 1 fully saturated rings. The van der Waals surface area contributed by atoms with Crippen molar-refractivity contribution >= 4 is 11.9 Å². The van der Waals surface area contributed by atoms with E-state index in [0.29, 0.717) is 6.54 Å². The van der Waals surface area contributed by atoms with Crippen LogP contribution in [0.5, 0.6) is 0 Å². The summed E-state index contributed by atoms with van der Waals surface area (Å²) in [4.78, 5) is 23.1. The van der Waals surface area contributed by atoms with Gasteiger partial charge in [-0.3, -0.25) is 9.59 Å². The number of rotatable bonds is 5. The molecule has 1 rings (SSSR count). The molecular formula is C15H28N2O3. The van der Waals surface area contributed by atoms with Crippen LogP contribution in [0.2, 0.25) is 0 Å². The van der Waals surface area contributed by atoms with E-state index in [1.165, 1.54) is 0 Å². The Balaban J connectivity index is 2.41. The highest BCUT2D eigenvalue weighted by molar-refractivity contribution is 5.77. The maximum absolute atomic E-state index is 11.9. The highest BCUT2D eigenvalue weighted by Gasteiger charge is 2.31.